The zero-order chi connectivity index (χ0) is 14.2. The lowest BCUT2D eigenvalue weighted by Gasteiger charge is -2.38. The van der Waals surface area contributed by atoms with Crippen molar-refractivity contribution < 1.29 is 0 Å². The maximum absolute atomic E-state index is 6.04. The predicted octanol–water partition coefficient (Wildman–Crippen LogP) is 2.22. The van der Waals surface area contributed by atoms with Gasteiger partial charge in [-0.25, -0.2) is 4.98 Å². The van der Waals surface area contributed by atoms with Gasteiger partial charge in [0.1, 0.15) is 11.5 Å². The number of imidazole rings is 1. The number of fused-ring (bicyclic) bond motifs is 2. The summed E-state index contributed by atoms with van der Waals surface area (Å²) in [5, 5.41) is 0. The highest BCUT2D eigenvalue weighted by atomic mass is 15.3. The fourth-order valence-corrected chi connectivity index (χ4v) is 3.23. The summed E-state index contributed by atoms with van der Waals surface area (Å²) in [5.41, 5.74) is 9.82. The Labute approximate surface area is 123 Å². The van der Waals surface area contributed by atoms with E-state index in [2.05, 4.69) is 50.7 Å². The number of aromatic nitrogens is 2. The first-order chi connectivity index (χ1) is 10.4. The molecule has 0 bridgehead atoms. The smallest absolute Gasteiger partial charge is 0.138 e. The van der Waals surface area contributed by atoms with E-state index in [1.54, 1.807) is 0 Å². The highest BCUT2D eigenvalue weighted by Gasteiger charge is 2.26. The Morgan fingerprint density at radius 2 is 1.95 bits per heavy atom. The first-order valence-corrected chi connectivity index (χ1v) is 7.32. The molecule has 0 saturated carbocycles. The van der Waals surface area contributed by atoms with Crippen molar-refractivity contribution in [2.75, 3.05) is 11.4 Å². The second-order valence-electron chi connectivity index (χ2n) is 5.53. The molecule has 1 unspecified atom stereocenters. The Morgan fingerprint density at radius 1 is 1.10 bits per heavy atom. The molecule has 1 aromatic carbocycles. The van der Waals surface area contributed by atoms with Crippen molar-refractivity contribution in [3.05, 3.63) is 66.0 Å². The summed E-state index contributed by atoms with van der Waals surface area (Å²) in [6, 6.07) is 15.2. The van der Waals surface area contributed by atoms with E-state index in [0.717, 1.165) is 24.4 Å². The normalized spacial score (nSPS) is 18.0. The highest BCUT2D eigenvalue weighted by molar-refractivity contribution is 5.54. The van der Waals surface area contributed by atoms with Crippen LogP contribution in [0.25, 0.3) is 5.65 Å². The molecular formula is C17H18N4. The number of hydrogen-bond donors (Lipinski definition) is 1. The zero-order valence-electron chi connectivity index (χ0n) is 11.8. The molecule has 0 amide bonds. The van der Waals surface area contributed by atoms with E-state index in [1.807, 2.05) is 18.5 Å². The molecule has 0 saturated heterocycles. The topological polar surface area (TPSA) is 46.6 Å². The Kier molecular flexibility index (Phi) is 2.89. The van der Waals surface area contributed by atoms with E-state index in [9.17, 15) is 0 Å². The summed E-state index contributed by atoms with van der Waals surface area (Å²) in [4.78, 5) is 6.77. The van der Waals surface area contributed by atoms with Crippen LogP contribution in [0.4, 0.5) is 5.82 Å². The van der Waals surface area contributed by atoms with E-state index in [-0.39, 0.29) is 0 Å². The van der Waals surface area contributed by atoms with Gasteiger partial charge in [0.25, 0.3) is 0 Å². The molecule has 4 heteroatoms. The number of hydrogen-bond acceptors (Lipinski definition) is 3. The molecule has 0 aliphatic carbocycles. The van der Waals surface area contributed by atoms with Gasteiger partial charge in [0, 0.05) is 31.5 Å². The Bertz CT molecular complexity index is 777. The minimum absolute atomic E-state index is 0.327. The molecule has 4 rings (SSSR count). The summed E-state index contributed by atoms with van der Waals surface area (Å²) >= 11 is 0. The van der Waals surface area contributed by atoms with Gasteiger partial charge in [-0.15, -0.1) is 0 Å². The molecule has 2 N–H and O–H groups in total. The molecule has 1 aliphatic rings. The van der Waals surface area contributed by atoms with Gasteiger partial charge >= 0.3 is 0 Å². The van der Waals surface area contributed by atoms with E-state index in [0.29, 0.717) is 12.6 Å². The van der Waals surface area contributed by atoms with Crippen molar-refractivity contribution in [3.63, 3.8) is 0 Å². The summed E-state index contributed by atoms with van der Waals surface area (Å²) in [5.74, 6) is 1.16. The molecule has 3 heterocycles. The second kappa shape index (κ2) is 4.90. The SMILES string of the molecule is NCC1Cc2ccccc2CN1c1cccc2nccn12. The van der Waals surface area contributed by atoms with Crippen molar-refractivity contribution in [1.82, 2.24) is 9.38 Å². The average molecular weight is 278 g/mol. The maximum Gasteiger partial charge on any atom is 0.138 e. The van der Waals surface area contributed by atoms with Gasteiger partial charge in [0.05, 0.1) is 0 Å². The van der Waals surface area contributed by atoms with E-state index < -0.39 is 0 Å². The molecule has 1 aliphatic heterocycles. The fraction of sp³-hybridized carbons (Fsp3) is 0.235. The fourth-order valence-electron chi connectivity index (χ4n) is 3.23. The van der Waals surface area contributed by atoms with Gasteiger partial charge in [-0.1, -0.05) is 30.3 Å². The average Bonchev–Trinajstić information content (AvgIpc) is 3.02. The molecule has 21 heavy (non-hydrogen) atoms. The molecular weight excluding hydrogens is 260 g/mol. The van der Waals surface area contributed by atoms with Gasteiger partial charge in [-0.2, -0.15) is 0 Å². The van der Waals surface area contributed by atoms with Crippen LogP contribution in [0.1, 0.15) is 11.1 Å². The monoisotopic (exact) mass is 278 g/mol. The Morgan fingerprint density at radius 3 is 2.81 bits per heavy atom. The summed E-state index contributed by atoms with van der Waals surface area (Å²) in [7, 11) is 0. The third-order valence-corrected chi connectivity index (χ3v) is 4.33. The molecule has 0 radical (unpaired) electrons. The van der Waals surface area contributed by atoms with E-state index >= 15 is 0 Å². The molecule has 3 aromatic rings. The van der Waals surface area contributed by atoms with Crippen LogP contribution < -0.4 is 10.6 Å². The third-order valence-electron chi connectivity index (χ3n) is 4.33. The Hall–Kier alpha value is -2.33. The van der Waals surface area contributed by atoms with Gasteiger partial charge in [-0.05, 0) is 29.7 Å². The van der Waals surface area contributed by atoms with Crippen molar-refractivity contribution in [1.29, 1.82) is 0 Å². The van der Waals surface area contributed by atoms with Gasteiger partial charge in [0.2, 0.25) is 0 Å². The first kappa shape index (κ1) is 12.4. The number of rotatable bonds is 2. The molecule has 2 aromatic heterocycles. The van der Waals surface area contributed by atoms with Crippen molar-refractivity contribution in [3.8, 4) is 0 Å². The summed E-state index contributed by atoms with van der Waals surface area (Å²) in [6.07, 6.45) is 4.85. The van der Waals surface area contributed by atoms with Crippen LogP contribution in [0.2, 0.25) is 0 Å². The van der Waals surface area contributed by atoms with Crippen LogP contribution in [0, 0.1) is 0 Å². The number of pyridine rings is 1. The first-order valence-electron chi connectivity index (χ1n) is 7.32. The lowest BCUT2D eigenvalue weighted by Crippen LogP contribution is -2.45. The third kappa shape index (κ3) is 1.99. The van der Waals surface area contributed by atoms with Crippen molar-refractivity contribution in [2.24, 2.45) is 5.73 Å². The minimum atomic E-state index is 0.327. The van der Waals surface area contributed by atoms with Gasteiger partial charge < -0.3 is 10.6 Å². The summed E-state index contributed by atoms with van der Waals surface area (Å²) in [6.45, 7) is 1.55. The lowest BCUT2D eigenvalue weighted by atomic mass is 9.94. The second-order valence-corrected chi connectivity index (χ2v) is 5.53. The molecule has 1 atom stereocenters. The summed E-state index contributed by atoms with van der Waals surface area (Å²) < 4.78 is 2.14. The lowest BCUT2D eigenvalue weighted by molar-refractivity contribution is 0.553. The minimum Gasteiger partial charge on any atom is -0.349 e. The largest absolute Gasteiger partial charge is 0.349 e. The van der Waals surface area contributed by atoms with Gasteiger partial charge in [0.15, 0.2) is 0 Å². The number of anilines is 1. The quantitative estimate of drug-likeness (QED) is 0.782. The Balaban J connectivity index is 1.82. The van der Waals surface area contributed by atoms with Crippen molar-refractivity contribution >= 4 is 11.5 Å². The van der Waals surface area contributed by atoms with Crippen LogP contribution in [-0.4, -0.2) is 22.0 Å². The number of benzene rings is 1. The van der Waals surface area contributed by atoms with E-state index in [1.165, 1.54) is 11.1 Å². The molecule has 0 fully saturated rings. The van der Waals surface area contributed by atoms with Crippen LogP contribution in [0.5, 0.6) is 0 Å². The molecule has 0 spiro atoms. The zero-order valence-corrected chi connectivity index (χ0v) is 11.8. The number of nitrogens with two attached hydrogens (primary N) is 1. The van der Waals surface area contributed by atoms with E-state index in [4.69, 9.17) is 5.73 Å². The highest BCUT2D eigenvalue weighted by Crippen LogP contribution is 2.28. The number of nitrogens with zero attached hydrogens (tertiary/aromatic N) is 3. The van der Waals surface area contributed by atoms with Gasteiger partial charge in [-0.3, -0.25) is 4.40 Å². The maximum atomic E-state index is 6.04. The molecule has 4 nitrogen and oxygen atoms in total. The molecule has 106 valence electrons. The predicted molar refractivity (Wildman–Crippen MR) is 84.4 cm³/mol. The van der Waals surface area contributed by atoms with Crippen LogP contribution >= 0.6 is 0 Å². The van der Waals surface area contributed by atoms with Crippen LogP contribution in [0.3, 0.4) is 0 Å². The van der Waals surface area contributed by atoms with Crippen molar-refractivity contribution in [2.45, 2.75) is 19.0 Å². The van der Waals surface area contributed by atoms with Crippen LogP contribution in [-0.2, 0) is 13.0 Å². The van der Waals surface area contributed by atoms with Crippen LogP contribution in [0.15, 0.2) is 54.9 Å². The standard InChI is InChI=1S/C17H18N4/c18-11-15-10-13-4-1-2-5-14(13)12-21(15)17-7-3-6-16-19-8-9-20(16)17/h1-9,15H,10-12,18H2.